The Morgan fingerprint density at radius 1 is 1.39 bits per heavy atom. The summed E-state index contributed by atoms with van der Waals surface area (Å²) in [5.41, 5.74) is 1.12. The summed E-state index contributed by atoms with van der Waals surface area (Å²) in [5.74, 6) is 0.607. The maximum absolute atomic E-state index is 5.45. The zero-order chi connectivity index (χ0) is 13.0. The van der Waals surface area contributed by atoms with E-state index in [0.717, 1.165) is 17.1 Å². The summed E-state index contributed by atoms with van der Waals surface area (Å²) in [6.45, 7) is 3.36. The molecule has 0 saturated heterocycles. The highest BCUT2D eigenvalue weighted by atomic mass is 32.1. The van der Waals surface area contributed by atoms with Crippen molar-refractivity contribution in [1.29, 1.82) is 0 Å². The van der Waals surface area contributed by atoms with Crippen molar-refractivity contribution in [1.82, 2.24) is 20.1 Å². The van der Waals surface area contributed by atoms with Crippen LogP contribution in [0.1, 0.15) is 23.5 Å². The van der Waals surface area contributed by atoms with E-state index < -0.39 is 0 Å². The zero-order valence-electron chi connectivity index (χ0n) is 10.8. The molecule has 0 amide bonds. The standard InChI is InChI=1S/C11H17N5OS/c1-4-8-7-18-10(13-8)5-12-11-15-14-9(17-11)6-16(2)3/h7H,4-6H2,1-3H3,(H,12,15). The Morgan fingerprint density at radius 3 is 2.89 bits per heavy atom. The van der Waals surface area contributed by atoms with Crippen molar-refractivity contribution in [2.45, 2.75) is 26.4 Å². The lowest BCUT2D eigenvalue weighted by Crippen LogP contribution is -2.10. The molecule has 0 aromatic carbocycles. The molecule has 0 atom stereocenters. The number of nitrogens with zero attached hydrogens (tertiary/aromatic N) is 4. The van der Waals surface area contributed by atoms with Crippen LogP contribution in [0.5, 0.6) is 0 Å². The second-order valence-electron chi connectivity index (χ2n) is 4.18. The van der Waals surface area contributed by atoms with Gasteiger partial charge in [0.05, 0.1) is 18.8 Å². The molecule has 18 heavy (non-hydrogen) atoms. The Balaban J connectivity index is 1.87. The molecule has 0 aliphatic heterocycles. The molecule has 0 aliphatic carbocycles. The Morgan fingerprint density at radius 2 is 2.22 bits per heavy atom. The van der Waals surface area contributed by atoms with Crippen molar-refractivity contribution in [3.63, 3.8) is 0 Å². The van der Waals surface area contributed by atoms with E-state index in [4.69, 9.17) is 4.42 Å². The number of anilines is 1. The molecule has 0 fully saturated rings. The van der Waals surface area contributed by atoms with Crippen LogP contribution in [0.15, 0.2) is 9.80 Å². The lowest BCUT2D eigenvalue weighted by molar-refractivity contribution is 0.344. The van der Waals surface area contributed by atoms with Gasteiger partial charge in [-0.15, -0.1) is 16.4 Å². The van der Waals surface area contributed by atoms with Crippen molar-refractivity contribution in [2.75, 3.05) is 19.4 Å². The third-order valence-electron chi connectivity index (χ3n) is 2.27. The van der Waals surface area contributed by atoms with Crippen LogP contribution in [-0.2, 0) is 19.5 Å². The highest BCUT2D eigenvalue weighted by Crippen LogP contribution is 2.13. The highest BCUT2D eigenvalue weighted by molar-refractivity contribution is 7.09. The highest BCUT2D eigenvalue weighted by Gasteiger charge is 2.07. The molecular weight excluding hydrogens is 250 g/mol. The number of aromatic nitrogens is 3. The predicted molar refractivity (Wildman–Crippen MR) is 70.5 cm³/mol. The molecule has 0 aliphatic rings. The molecule has 98 valence electrons. The van der Waals surface area contributed by atoms with Crippen molar-refractivity contribution in [3.8, 4) is 0 Å². The average Bonchev–Trinajstić information content (AvgIpc) is 2.94. The molecule has 2 aromatic rings. The summed E-state index contributed by atoms with van der Waals surface area (Å²) >= 11 is 1.64. The summed E-state index contributed by atoms with van der Waals surface area (Å²) < 4.78 is 5.45. The molecule has 0 saturated carbocycles. The lowest BCUT2D eigenvalue weighted by atomic mass is 10.4. The Labute approximate surface area is 110 Å². The normalized spacial score (nSPS) is 11.1. The molecule has 2 heterocycles. The molecule has 2 aromatic heterocycles. The largest absolute Gasteiger partial charge is 0.407 e. The van der Waals surface area contributed by atoms with Gasteiger partial charge in [-0.05, 0) is 20.5 Å². The molecule has 0 unspecified atom stereocenters. The molecule has 0 spiro atoms. The molecule has 0 bridgehead atoms. The third kappa shape index (κ3) is 3.51. The van der Waals surface area contributed by atoms with Gasteiger partial charge in [-0.2, -0.15) is 0 Å². The van der Waals surface area contributed by atoms with E-state index in [-0.39, 0.29) is 0 Å². The van der Waals surface area contributed by atoms with E-state index in [1.807, 2.05) is 19.0 Å². The minimum absolute atomic E-state index is 0.445. The summed E-state index contributed by atoms with van der Waals surface area (Å²) in [5, 5.41) is 14.1. The molecule has 7 heteroatoms. The maximum atomic E-state index is 5.45. The van der Waals surface area contributed by atoms with Crippen LogP contribution in [-0.4, -0.2) is 34.2 Å². The Kier molecular flexibility index (Phi) is 4.27. The first-order valence-electron chi connectivity index (χ1n) is 5.81. The SMILES string of the molecule is CCc1csc(CNc2nnc(CN(C)C)o2)n1. The monoisotopic (exact) mass is 267 g/mol. The fourth-order valence-electron chi connectivity index (χ4n) is 1.40. The third-order valence-corrected chi connectivity index (χ3v) is 3.17. The smallest absolute Gasteiger partial charge is 0.315 e. The summed E-state index contributed by atoms with van der Waals surface area (Å²) in [7, 11) is 3.91. The molecule has 6 nitrogen and oxygen atoms in total. The summed E-state index contributed by atoms with van der Waals surface area (Å²) in [6.07, 6.45) is 0.962. The average molecular weight is 267 g/mol. The van der Waals surface area contributed by atoms with E-state index in [0.29, 0.717) is 25.0 Å². The van der Waals surface area contributed by atoms with Crippen LogP contribution in [0.25, 0.3) is 0 Å². The minimum atomic E-state index is 0.445. The van der Waals surface area contributed by atoms with E-state index >= 15 is 0 Å². The topological polar surface area (TPSA) is 67.1 Å². The molecule has 2 rings (SSSR count). The Hall–Kier alpha value is -1.47. The van der Waals surface area contributed by atoms with Gasteiger partial charge < -0.3 is 14.6 Å². The minimum Gasteiger partial charge on any atom is -0.407 e. The van der Waals surface area contributed by atoms with Crippen LogP contribution in [0.3, 0.4) is 0 Å². The van der Waals surface area contributed by atoms with Gasteiger partial charge in [-0.25, -0.2) is 4.98 Å². The van der Waals surface area contributed by atoms with Crippen LogP contribution in [0.2, 0.25) is 0 Å². The van der Waals surface area contributed by atoms with Gasteiger partial charge in [-0.3, -0.25) is 0 Å². The number of rotatable bonds is 6. The lowest BCUT2D eigenvalue weighted by Gasteiger charge is -2.03. The van der Waals surface area contributed by atoms with Crippen molar-refractivity contribution in [3.05, 3.63) is 22.0 Å². The summed E-state index contributed by atoms with van der Waals surface area (Å²) in [6, 6.07) is 0.445. The van der Waals surface area contributed by atoms with Gasteiger partial charge in [0, 0.05) is 5.38 Å². The van der Waals surface area contributed by atoms with Gasteiger partial charge in [0.2, 0.25) is 5.89 Å². The molecule has 1 N–H and O–H groups in total. The zero-order valence-corrected chi connectivity index (χ0v) is 11.6. The van der Waals surface area contributed by atoms with Crippen LogP contribution in [0, 0.1) is 0 Å². The number of aryl methyl sites for hydroxylation is 1. The van der Waals surface area contributed by atoms with Gasteiger partial charge >= 0.3 is 6.01 Å². The van der Waals surface area contributed by atoms with Crippen molar-refractivity contribution in [2.24, 2.45) is 0 Å². The van der Waals surface area contributed by atoms with E-state index in [1.165, 1.54) is 0 Å². The second kappa shape index (κ2) is 5.92. The van der Waals surface area contributed by atoms with Crippen LogP contribution in [0.4, 0.5) is 6.01 Å². The second-order valence-corrected chi connectivity index (χ2v) is 5.12. The van der Waals surface area contributed by atoms with Gasteiger partial charge in [0.25, 0.3) is 0 Å². The first kappa shape index (κ1) is 13.0. The Bertz CT molecular complexity index is 493. The molecular formula is C11H17N5OS. The first-order chi connectivity index (χ1) is 8.67. The first-order valence-corrected chi connectivity index (χ1v) is 6.69. The fraction of sp³-hybridized carbons (Fsp3) is 0.545. The van der Waals surface area contributed by atoms with Crippen molar-refractivity contribution < 1.29 is 4.42 Å². The molecule has 0 radical (unpaired) electrons. The fourth-order valence-corrected chi connectivity index (χ4v) is 2.22. The number of hydrogen-bond donors (Lipinski definition) is 1. The van der Waals surface area contributed by atoms with Crippen LogP contribution < -0.4 is 5.32 Å². The maximum Gasteiger partial charge on any atom is 0.315 e. The van der Waals surface area contributed by atoms with E-state index in [1.54, 1.807) is 11.3 Å². The number of thiazole rings is 1. The van der Waals surface area contributed by atoms with Crippen molar-refractivity contribution >= 4 is 17.4 Å². The van der Waals surface area contributed by atoms with Gasteiger partial charge in [0.15, 0.2) is 0 Å². The summed E-state index contributed by atoms with van der Waals surface area (Å²) in [4.78, 5) is 6.43. The van der Waals surface area contributed by atoms with Gasteiger partial charge in [0.1, 0.15) is 5.01 Å². The van der Waals surface area contributed by atoms with E-state index in [2.05, 4.69) is 32.8 Å². The van der Waals surface area contributed by atoms with E-state index in [9.17, 15) is 0 Å². The van der Waals surface area contributed by atoms with Gasteiger partial charge in [-0.1, -0.05) is 12.0 Å². The quantitative estimate of drug-likeness (QED) is 0.860. The number of hydrogen-bond acceptors (Lipinski definition) is 7. The number of nitrogens with one attached hydrogen (secondary N) is 1. The predicted octanol–water partition coefficient (Wildman–Crippen LogP) is 1.76. The van der Waals surface area contributed by atoms with Crippen LogP contribution >= 0.6 is 11.3 Å².